The Labute approximate surface area is 108 Å². The predicted molar refractivity (Wildman–Crippen MR) is 66.3 cm³/mol. The number of hydrogen-bond donors (Lipinski definition) is 1. The molecule has 1 aromatic carbocycles. The van der Waals surface area contributed by atoms with Crippen LogP contribution in [-0.4, -0.2) is 24.5 Å². The van der Waals surface area contributed by atoms with E-state index in [2.05, 4.69) is 16.0 Å². The van der Waals surface area contributed by atoms with E-state index in [4.69, 9.17) is 6.42 Å². The molecule has 1 rings (SSSR count). The van der Waals surface area contributed by atoms with Crippen LogP contribution < -0.4 is 5.32 Å². The van der Waals surface area contributed by atoms with Crippen LogP contribution in [0.4, 0.5) is 15.8 Å². The standard InChI is InChI=1S/C12H11FN2O4/c1-3-4-5-14-10-6-8(12(16)19-2)9(13)7-11(10)15(17)18/h1,6-7,14H,4-5H2,2H3. The van der Waals surface area contributed by atoms with E-state index in [0.717, 1.165) is 13.2 Å². The maximum absolute atomic E-state index is 13.6. The van der Waals surface area contributed by atoms with Crippen LogP contribution in [0.3, 0.4) is 0 Å². The van der Waals surface area contributed by atoms with E-state index in [1.54, 1.807) is 0 Å². The fourth-order valence-corrected chi connectivity index (χ4v) is 1.39. The number of carbonyl (C=O) groups excluding carboxylic acids is 1. The van der Waals surface area contributed by atoms with Crippen LogP contribution >= 0.6 is 0 Å². The van der Waals surface area contributed by atoms with Crippen LogP contribution in [-0.2, 0) is 4.74 Å². The molecule has 0 aliphatic rings. The molecule has 1 aromatic rings. The highest BCUT2D eigenvalue weighted by molar-refractivity contribution is 5.91. The van der Waals surface area contributed by atoms with Gasteiger partial charge in [0, 0.05) is 13.0 Å². The SMILES string of the molecule is C#CCCNc1cc(C(=O)OC)c(F)cc1[N+](=O)[O-]. The van der Waals surface area contributed by atoms with Gasteiger partial charge in [-0.15, -0.1) is 12.3 Å². The molecule has 0 unspecified atom stereocenters. The summed E-state index contributed by atoms with van der Waals surface area (Å²) in [5.41, 5.74) is -0.833. The zero-order chi connectivity index (χ0) is 14.4. The van der Waals surface area contributed by atoms with E-state index in [-0.39, 0.29) is 17.8 Å². The lowest BCUT2D eigenvalue weighted by molar-refractivity contribution is -0.384. The summed E-state index contributed by atoms with van der Waals surface area (Å²) in [6.07, 6.45) is 5.39. The van der Waals surface area contributed by atoms with Crippen molar-refractivity contribution in [3.05, 3.63) is 33.6 Å². The average molecular weight is 266 g/mol. The molecular weight excluding hydrogens is 255 g/mol. The maximum atomic E-state index is 13.6. The summed E-state index contributed by atoms with van der Waals surface area (Å²) in [4.78, 5) is 21.4. The van der Waals surface area contributed by atoms with Crippen molar-refractivity contribution in [3.63, 3.8) is 0 Å². The molecule has 1 N–H and O–H groups in total. The molecule has 0 aliphatic heterocycles. The zero-order valence-corrected chi connectivity index (χ0v) is 10.1. The van der Waals surface area contributed by atoms with Crippen molar-refractivity contribution in [3.8, 4) is 12.3 Å². The zero-order valence-electron chi connectivity index (χ0n) is 10.1. The van der Waals surface area contributed by atoms with Gasteiger partial charge in [0.2, 0.25) is 0 Å². The molecule has 7 heteroatoms. The molecule has 0 saturated heterocycles. The Kier molecular flexibility index (Phi) is 4.83. The minimum Gasteiger partial charge on any atom is -0.465 e. The average Bonchev–Trinajstić information content (AvgIpc) is 2.39. The minimum absolute atomic E-state index is 0.0158. The van der Waals surface area contributed by atoms with Crippen LogP contribution in [0.2, 0.25) is 0 Å². The van der Waals surface area contributed by atoms with Gasteiger partial charge in [0.25, 0.3) is 5.69 Å². The number of nitro groups is 1. The number of anilines is 1. The van der Waals surface area contributed by atoms with Gasteiger partial charge in [-0.1, -0.05) is 0 Å². The monoisotopic (exact) mass is 266 g/mol. The second-order valence-electron chi connectivity index (χ2n) is 3.48. The van der Waals surface area contributed by atoms with Gasteiger partial charge in [0.15, 0.2) is 0 Å². The normalized spacial score (nSPS) is 9.53. The lowest BCUT2D eigenvalue weighted by Gasteiger charge is -2.08. The first-order valence-electron chi connectivity index (χ1n) is 5.24. The molecule has 100 valence electrons. The Bertz CT molecular complexity index is 551. The van der Waals surface area contributed by atoms with E-state index >= 15 is 0 Å². The molecule has 0 fully saturated rings. The van der Waals surface area contributed by atoms with Gasteiger partial charge in [0.05, 0.1) is 23.7 Å². The summed E-state index contributed by atoms with van der Waals surface area (Å²) in [6.45, 7) is 0.267. The number of esters is 1. The number of terminal acetylenes is 1. The Morgan fingerprint density at radius 1 is 1.63 bits per heavy atom. The minimum atomic E-state index is -1.01. The molecule has 19 heavy (non-hydrogen) atoms. The van der Waals surface area contributed by atoms with Crippen molar-refractivity contribution in [2.75, 3.05) is 19.0 Å². The molecule has 0 heterocycles. The summed E-state index contributed by atoms with van der Waals surface area (Å²) in [5.74, 6) is 0.426. The predicted octanol–water partition coefficient (Wildman–Crippen LogP) is 1.96. The smallest absolute Gasteiger partial charge is 0.340 e. The second-order valence-corrected chi connectivity index (χ2v) is 3.48. The van der Waals surface area contributed by atoms with Crippen LogP contribution in [0.25, 0.3) is 0 Å². The highest BCUT2D eigenvalue weighted by Gasteiger charge is 2.22. The molecular formula is C12H11FN2O4. The first-order valence-corrected chi connectivity index (χ1v) is 5.24. The van der Waals surface area contributed by atoms with Crippen molar-refractivity contribution in [1.29, 1.82) is 0 Å². The third-order valence-electron chi connectivity index (χ3n) is 2.27. The Morgan fingerprint density at radius 2 is 2.32 bits per heavy atom. The van der Waals surface area contributed by atoms with Gasteiger partial charge in [0.1, 0.15) is 11.5 Å². The number of methoxy groups -OCH3 is 1. The quantitative estimate of drug-likeness (QED) is 0.289. The van der Waals surface area contributed by atoms with E-state index < -0.39 is 22.4 Å². The van der Waals surface area contributed by atoms with E-state index in [0.29, 0.717) is 12.5 Å². The fraction of sp³-hybridized carbons (Fsp3) is 0.250. The number of carbonyl (C=O) groups is 1. The van der Waals surface area contributed by atoms with E-state index in [1.807, 2.05) is 0 Å². The summed E-state index contributed by atoms with van der Waals surface area (Å²) in [5, 5.41) is 13.5. The highest BCUT2D eigenvalue weighted by atomic mass is 19.1. The number of ether oxygens (including phenoxy) is 1. The van der Waals surface area contributed by atoms with Gasteiger partial charge >= 0.3 is 5.97 Å². The summed E-state index contributed by atoms with van der Waals surface area (Å²) < 4.78 is 17.9. The van der Waals surface area contributed by atoms with Crippen molar-refractivity contribution in [2.24, 2.45) is 0 Å². The number of benzene rings is 1. The molecule has 0 aromatic heterocycles. The van der Waals surface area contributed by atoms with E-state index in [1.165, 1.54) is 0 Å². The van der Waals surface area contributed by atoms with Gasteiger partial charge in [-0.25, -0.2) is 9.18 Å². The van der Waals surface area contributed by atoms with Crippen LogP contribution in [0, 0.1) is 28.3 Å². The third-order valence-corrected chi connectivity index (χ3v) is 2.27. The molecule has 0 saturated carbocycles. The Hall–Kier alpha value is -2.62. The fourth-order valence-electron chi connectivity index (χ4n) is 1.39. The number of nitrogens with zero attached hydrogens (tertiary/aromatic N) is 1. The molecule has 6 nitrogen and oxygen atoms in total. The molecule has 0 bridgehead atoms. The lowest BCUT2D eigenvalue weighted by atomic mass is 10.1. The van der Waals surface area contributed by atoms with Crippen molar-refractivity contribution in [2.45, 2.75) is 6.42 Å². The summed E-state index contributed by atoms with van der Waals surface area (Å²) in [6, 6.07) is 1.71. The van der Waals surface area contributed by atoms with Gasteiger partial charge in [-0.2, -0.15) is 0 Å². The van der Waals surface area contributed by atoms with Crippen LogP contribution in [0.5, 0.6) is 0 Å². The van der Waals surface area contributed by atoms with Crippen molar-refractivity contribution >= 4 is 17.3 Å². The number of rotatable bonds is 5. The van der Waals surface area contributed by atoms with Gasteiger partial charge < -0.3 is 10.1 Å². The largest absolute Gasteiger partial charge is 0.465 e. The van der Waals surface area contributed by atoms with Crippen molar-refractivity contribution in [1.82, 2.24) is 0 Å². The van der Waals surface area contributed by atoms with Crippen molar-refractivity contribution < 1.29 is 18.8 Å². The highest BCUT2D eigenvalue weighted by Crippen LogP contribution is 2.28. The third kappa shape index (κ3) is 3.42. The number of halogens is 1. The number of hydrogen-bond acceptors (Lipinski definition) is 5. The lowest BCUT2D eigenvalue weighted by Crippen LogP contribution is -2.09. The molecule has 0 atom stereocenters. The maximum Gasteiger partial charge on any atom is 0.340 e. The van der Waals surface area contributed by atoms with Gasteiger partial charge in [-0.3, -0.25) is 10.1 Å². The van der Waals surface area contributed by atoms with Gasteiger partial charge in [-0.05, 0) is 6.07 Å². The topological polar surface area (TPSA) is 81.5 Å². The Balaban J connectivity index is 3.20. The molecule has 0 radical (unpaired) electrons. The number of nitrogens with one attached hydrogen (secondary N) is 1. The number of nitro benzene ring substituents is 1. The van der Waals surface area contributed by atoms with Crippen LogP contribution in [0.15, 0.2) is 12.1 Å². The molecule has 0 spiro atoms. The first kappa shape index (κ1) is 14.4. The first-order chi connectivity index (χ1) is 9.01. The van der Waals surface area contributed by atoms with Crippen LogP contribution in [0.1, 0.15) is 16.8 Å². The van der Waals surface area contributed by atoms with E-state index in [9.17, 15) is 19.3 Å². The molecule has 0 aliphatic carbocycles. The molecule has 0 amide bonds. The summed E-state index contributed by atoms with van der Waals surface area (Å²) in [7, 11) is 1.09. The Morgan fingerprint density at radius 3 is 2.84 bits per heavy atom. The second kappa shape index (κ2) is 6.35. The summed E-state index contributed by atoms with van der Waals surface area (Å²) >= 11 is 0.